The maximum absolute atomic E-state index is 13.3. The van der Waals surface area contributed by atoms with Crippen LogP contribution in [-0.4, -0.2) is 59.5 Å². The van der Waals surface area contributed by atoms with Crippen LogP contribution < -0.4 is 5.32 Å². The zero-order valence-corrected chi connectivity index (χ0v) is 23.4. The van der Waals surface area contributed by atoms with Crippen molar-refractivity contribution in [2.75, 3.05) is 23.4 Å². The van der Waals surface area contributed by atoms with E-state index in [4.69, 9.17) is 0 Å². The topological polar surface area (TPSA) is 117 Å². The number of nitrogens with zero attached hydrogens (tertiary/aromatic N) is 2. The second kappa shape index (κ2) is 12.4. The van der Waals surface area contributed by atoms with E-state index in [0.717, 1.165) is 48.5 Å². The first-order valence-corrected chi connectivity index (χ1v) is 15.7. The smallest absolute Gasteiger partial charge is 0.323 e. The van der Waals surface area contributed by atoms with Crippen molar-refractivity contribution < 1.29 is 23.1 Å². The van der Waals surface area contributed by atoms with Crippen molar-refractivity contribution in [3.05, 3.63) is 42.1 Å². The number of carbonyl (C=O) groups excluding carboxylic acids is 1. The van der Waals surface area contributed by atoms with Gasteiger partial charge in [0.25, 0.3) is 0 Å². The molecular formula is C25H35N3O5S3. The van der Waals surface area contributed by atoms with Gasteiger partial charge in [-0.15, -0.1) is 0 Å². The van der Waals surface area contributed by atoms with Crippen molar-refractivity contribution in [1.82, 2.24) is 9.88 Å². The van der Waals surface area contributed by atoms with Crippen LogP contribution in [0.25, 0.3) is 0 Å². The molecule has 2 N–H and O–H groups in total. The minimum Gasteiger partial charge on any atom is -0.481 e. The number of hydrogen-bond donors (Lipinski definition) is 2. The lowest BCUT2D eigenvalue weighted by molar-refractivity contribution is -0.145. The molecule has 0 spiro atoms. The average molecular weight is 554 g/mol. The van der Waals surface area contributed by atoms with Crippen LogP contribution in [0.5, 0.6) is 0 Å². The number of carboxylic acids is 1. The monoisotopic (exact) mass is 553 g/mol. The Morgan fingerprint density at radius 3 is 2.50 bits per heavy atom. The van der Waals surface area contributed by atoms with Crippen LogP contribution in [0.4, 0.5) is 9.93 Å². The van der Waals surface area contributed by atoms with Crippen LogP contribution in [0, 0.1) is 11.3 Å². The predicted molar refractivity (Wildman–Crippen MR) is 145 cm³/mol. The van der Waals surface area contributed by atoms with E-state index in [1.807, 2.05) is 23.1 Å². The molecule has 11 heteroatoms. The molecule has 0 bridgehead atoms. The van der Waals surface area contributed by atoms with E-state index < -0.39 is 27.0 Å². The highest BCUT2D eigenvalue weighted by Gasteiger charge is 2.35. The predicted octanol–water partition coefficient (Wildman–Crippen LogP) is 5.37. The van der Waals surface area contributed by atoms with Crippen molar-refractivity contribution in [2.24, 2.45) is 11.3 Å². The first kappa shape index (κ1) is 28.5. The summed E-state index contributed by atoms with van der Waals surface area (Å²) in [5.41, 5.74) is -0.189. The van der Waals surface area contributed by atoms with E-state index in [1.165, 1.54) is 25.6 Å². The molecule has 1 aliphatic carbocycles. The summed E-state index contributed by atoms with van der Waals surface area (Å²) in [6.07, 6.45) is 5.23. The lowest BCUT2D eigenvalue weighted by Gasteiger charge is -2.36. The standard InChI is InChI=1S/C25H35N3O5S3/c1-18-9-11-20(12-10-18)28(13-14-34-16-19-7-5-4-6-8-19)24(31)27-23-26-15-21(35-23)36(32,33)17-25(2,3)22(29)30/h4-8,15,18,20H,9-14,16-17H2,1-3H3,(H,29,30)(H,26,27,31)/t18-,20-. The highest BCUT2D eigenvalue weighted by Crippen LogP contribution is 2.31. The maximum atomic E-state index is 13.3. The SMILES string of the molecule is CC(C)(CS(=O)(=O)c1cnc(NC(=O)N(CCSCc2ccccc2)[C@H]2CC[C@H](C)CC2)s1)C(=O)O. The number of aliphatic carboxylic acids is 1. The van der Waals surface area contributed by atoms with Crippen molar-refractivity contribution in [3.63, 3.8) is 0 Å². The number of thiazole rings is 1. The van der Waals surface area contributed by atoms with Gasteiger partial charge >= 0.3 is 12.0 Å². The van der Waals surface area contributed by atoms with Gasteiger partial charge in [-0.2, -0.15) is 11.8 Å². The first-order valence-electron chi connectivity index (χ1n) is 12.1. The lowest BCUT2D eigenvalue weighted by Crippen LogP contribution is -2.45. The molecule has 3 rings (SSSR count). The largest absolute Gasteiger partial charge is 0.481 e. The fraction of sp³-hybridized carbons (Fsp3) is 0.560. The third-order valence-corrected chi connectivity index (χ3v) is 11.0. The van der Waals surface area contributed by atoms with Gasteiger partial charge in [0.1, 0.15) is 4.21 Å². The molecule has 1 saturated carbocycles. The minimum absolute atomic E-state index is 0.0522. The number of benzene rings is 1. The lowest BCUT2D eigenvalue weighted by atomic mass is 9.86. The Hall–Kier alpha value is -2.11. The molecule has 2 amide bonds. The van der Waals surface area contributed by atoms with E-state index in [-0.39, 0.29) is 21.4 Å². The minimum atomic E-state index is -3.86. The fourth-order valence-corrected chi connectivity index (χ4v) is 7.95. The third kappa shape index (κ3) is 7.94. The third-order valence-electron chi connectivity index (χ3n) is 6.41. The zero-order chi connectivity index (χ0) is 26.3. The van der Waals surface area contributed by atoms with Gasteiger partial charge in [-0.3, -0.25) is 10.1 Å². The Morgan fingerprint density at radius 2 is 1.86 bits per heavy atom. The molecule has 36 heavy (non-hydrogen) atoms. The summed E-state index contributed by atoms with van der Waals surface area (Å²) in [6.45, 7) is 5.57. The molecule has 8 nitrogen and oxygen atoms in total. The highest BCUT2D eigenvalue weighted by atomic mass is 32.2. The van der Waals surface area contributed by atoms with Crippen molar-refractivity contribution in [1.29, 1.82) is 0 Å². The van der Waals surface area contributed by atoms with Gasteiger partial charge in [0, 0.05) is 24.1 Å². The summed E-state index contributed by atoms with van der Waals surface area (Å²) in [6, 6.07) is 10.1. The van der Waals surface area contributed by atoms with E-state index in [2.05, 4.69) is 29.4 Å². The number of aromatic nitrogens is 1. The number of sulfone groups is 1. The quantitative estimate of drug-likeness (QED) is 0.359. The Labute approximate surface area is 221 Å². The Kier molecular flexibility index (Phi) is 9.82. The molecule has 0 radical (unpaired) electrons. The Balaban J connectivity index is 1.65. The summed E-state index contributed by atoms with van der Waals surface area (Å²) < 4.78 is 25.4. The number of hydrogen-bond acceptors (Lipinski definition) is 7. The summed E-state index contributed by atoms with van der Waals surface area (Å²) in [5, 5.41) is 12.3. The van der Waals surface area contributed by atoms with Crippen LogP contribution >= 0.6 is 23.1 Å². The summed E-state index contributed by atoms with van der Waals surface area (Å²) in [4.78, 5) is 30.6. The average Bonchev–Trinajstić information content (AvgIpc) is 3.29. The Bertz CT molecular complexity index is 1130. The molecule has 2 aromatic rings. The molecular weight excluding hydrogens is 518 g/mol. The van der Waals surface area contributed by atoms with Gasteiger partial charge in [-0.05, 0) is 51.0 Å². The molecule has 198 valence electrons. The van der Waals surface area contributed by atoms with Gasteiger partial charge in [0.2, 0.25) is 0 Å². The molecule has 0 aliphatic heterocycles. The van der Waals surface area contributed by atoms with Gasteiger partial charge in [-0.1, -0.05) is 48.6 Å². The summed E-state index contributed by atoms with van der Waals surface area (Å²) in [5.74, 6) is 0.580. The number of carboxylic acid groups (broad SMARTS) is 1. The number of anilines is 1. The fourth-order valence-electron chi connectivity index (χ4n) is 4.16. The zero-order valence-electron chi connectivity index (χ0n) is 21.0. The number of nitrogens with one attached hydrogen (secondary N) is 1. The van der Waals surface area contributed by atoms with Crippen molar-refractivity contribution in [3.8, 4) is 0 Å². The Morgan fingerprint density at radius 1 is 1.19 bits per heavy atom. The summed E-state index contributed by atoms with van der Waals surface area (Å²) >= 11 is 2.63. The van der Waals surface area contributed by atoms with E-state index in [0.29, 0.717) is 12.5 Å². The van der Waals surface area contributed by atoms with Crippen LogP contribution in [0.15, 0.2) is 40.7 Å². The van der Waals surface area contributed by atoms with Gasteiger partial charge < -0.3 is 10.0 Å². The number of carbonyl (C=O) groups is 2. The van der Waals surface area contributed by atoms with Crippen LogP contribution in [0.3, 0.4) is 0 Å². The van der Waals surface area contributed by atoms with Crippen LogP contribution in [0.1, 0.15) is 52.0 Å². The molecule has 1 aromatic heterocycles. The molecule has 1 aliphatic rings. The number of rotatable bonds is 11. The van der Waals surface area contributed by atoms with E-state index in [1.54, 1.807) is 11.8 Å². The van der Waals surface area contributed by atoms with Gasteiger partial charge in [0.15, 0.2) is 15.0 Å². The molecule has 0 unspecified atom stereocenters. The van der Waals surface area contributed by atoms with E-state index in [9.17, 15) is 23.1 Å². The van der Waals surface area contributed by atoms with Crippen LogP contribution in [0.2, 0.25) is 0 Å². The summed E-state index contributed by atoms with van der Waals surface area (Å²) in [7, 11) is -3.86. The highest BCUT2D eigenvalue weighted by molar-refractivity contribution is 7.98. The molecule has 1 fully saturated rings. The molecule has 0 atom stereocenters. The van der Waals surface area contributed by atoms with Gasteiger partial charge in [0.05, 0.1) is 17.4 Å². The van der Waals surface area contributed by atoms with Gasteiger partial charge in [-0.25, -0.2) is 18.2 Å². The second-order valence-electron chi connectivity index (χ2n) is 10.0. The number of urea groups is 1. The molecule has 1 aromatic carbocycles. The van der Waals surface area contributed by atoms with E-state index >= 15 is 0 Å². The van der Waals surface area contributed by atoms with Crippen molar-refractivity contribution >= 4 is 50.1 Å². The molecule has 1 heterocycles. The number of thioether (sulfide) groups is 1. The van der Waals surface area contributed by atoms with Crippen molar-refractivity contribution in [2.45, 2.75) is 62.5 Å². The first-order chi connectivity index (χ1) is 17.0. The maximum Gasteiger partial charge on any atom is 0.323 e. The van der Waals surface area contributed by atoms with Crippen LogP contribution in [-0.2, 0) is 20.4 Å². The second-order valence-corrected chi connectivity index (χ2v) is 14.4. The normalized spacial score (nSPS) is 18.5. The number of amides is 2. The molecule has 0 saturated heterocycles.